The van der Waals surface area contributed by atoms with Crippen molar-refractivity contribution >= 4 is 0 Å². The van der Waals surface area contributed by atoms with Crippen molar-refractivity contribution in [2.45, 2.75) is 89.9 Å². The minimum absolute atomic E-state index is 0.302. The van der Waals surface area contributed by atoms with Gasteiger partial charge >= 0.3 is 0 Å². The molecule has 1 aromatic rings. The van der Waals surface area contributed by atoms with Crippen LogP contribution >= 0.6 is 0 Å². The quantitative estimate of drug-likeness (QED) is 0.396. The molecule has 2 rings (SSSR count). The van der Waals surface area contributed by atoms with E-state index in [1.807, 2.05) is 0 Å². The fourth-order valence-corrected chi connectivity index (χ4v) is 3.87. The Morgan fingerprint density at radius 3 is 2.27 bits per heavy atom. The van der Waals surface area contributed by atoms with Crippen LogP contribution in [0.5, 0.6) is 0 Å². The maximum atomic E-state index is 4.09. The molecule has 0 saturated carbocycles. The predicted molar refractivity (Wildman–Crippen MR) is 98.8 cm³/mol. The molecule has 0 aliphatic heterocycles. The van der Waals surface area contributed by atoms with E-state index in [0.29, 0.717) is 16.7 Å². The molecular weight excluding hydrogens is 264 g/mol. The Labute approximate surface area is 138 Å². The molecule has 1 aromatic carbocycles. The van der Waals surface area contributed by atoms with E-state index in [1.165, 1.54) is 44.1 Å². The van der Waals surface area contributed by atoms with Crippen LogP contribution in [0.2, 0.25) is 0 Å². The first kappa shape index (κ1) is 17.3. The lowest BCUT2D eigenvalue weighted by Crippen LogP contribution is -2.34. The highest BCUT2D eigenvalue weighted by Crippen LogP contribution is 2.46. The Hall–Kier alpha value is -1.04. The molecular formula is C22H34. The van der Waals surface area contributed by atoms with E-state index < -0.39 is 0 Å². The molecule has 0 fully saturated rings. The third-order valence-electron chi connectivity index (χ3n) is 5.71. The van der Waals surface area contributed by atoms with Crippen LogP contribution in [0.3, 0.4) is 0 Å². The van der Waals surface area contributed by atoms with Gasteiger partial charge in [-0.05, 0) is 46.8 Å². The lowest BCUT2D eigenvalue weighted by molar-refractivity contribution is 0.331. The Kier molecular flexibility index (Phi) is 5.20. The van der Waals surface area contributed by atoms with Crippen molar-refractivity contribution in [1.82, 2.24) is 0 Å². The average Bonchev–Trinajstić information content (AvgIpc) is 2.48. The Bertz CT molecular complexity index is 519. The molecule has 0 nitrogen and oxygen atoms in total. The highest BCUT2D eigenvalue weighted by Gasteiger charge is 2.37. The van der Waals surface area contributed by atoms with E-state index in [9.17, 15) is 0 Å². The fourth-order valence-electron chi connectivity index (χ4n) is 3.87. The summed E-state index contributed by atoms with van der Waals surface area (Å²) in [5.74, 6) is 0.512. The van der Waals surface area contributed by atoms with Crippen molar-refractivity contribution in [2.24, 2.45) is 0 Å². The van der Waals surface area contributed by atoms with Crippen molar-refractivity contribution in [3.8, 4) is 0 Å². The maximum Gasteiger partial charge on any atom is 0.00154 e. The van der Waals surface area contributed by atoms with Crippen LogP contribution in [0.4, 0.5) is 0 Å². The Morgan fingerprint density at radius 2 is 1.68 bits per heavy atom. The van der Waals surface area contributed by atoms with Crippen molar-refractivity contribution in [3.63, 3.8) is 0 Å². The zero-order valence-corrected chi connectivity index (χ0v) is 15.3. The molecule has 1 aliphatic carbocycles. The summed E-state index contributed by atoms with van der Waals surface area (Å²) < 4.78 is 0. The van der Waals surface area contributed by atoms with Gasteiger partial charge < -0.3 is 0 Å². The lowest BCUT2D eigenvalue weighted by atomic mass is 9.62. The summed E-state index contributed by atoms with van der Waals surface area (Å²) in [5, 5.41) is 0. The topological polar surface area (TPSA) is 0 Å². The van der Waals surface area contributed by atoms with Gasteiger partial charge in [-0.25, -0.2) is 0 Å². The summed E-state index contributed by atoms with van der Waals surface area (Å²) in [4.78, 5) is 0. The van der Waals surface area contributed by atoms with Crippen LogP contribution in [0, 0.1) is 0 Å². The van der Waals surface area contributed by atoms with E-state index in [0.717, 1.165) is 0 Å². The first-order valence-corrected chi connectivity index (χ1v) is 9.09. The van der Waals surface area contributed by atoms with Gasteiger partial charge in [0.2, 0.25) is 0 Å². The van der Waals surface area contributed by atoms with Gasteiger partial charge in [0.05, 0.1) is 0 Å². The van der Waals surface area contributed by atoms with Crippen LogP contribution in [0.1, 0.15) is 95.8 Å². The van der Waals surface area contributed by atoms with E-state index in [2.05, 4.69) is 65.5 Å². The first-order valence-electron chi connectivity index (χ1n) is 9.09. The summed E-state index contributed by atoms with van der Waals surface area (Å²) >= 11 is 0. The standard InChI is InChI=1S/C22H34/c1-7-9-10-11-17(8-2)18-12-13-19-20(16-18)22(5,6)15-14-21(19,3)4/h8,12-13,16-17H,2,7,9-11,14-15H2,1,3-6H3. The van der Waals surface area contributed by atoms with E-state index in [4.69, 9.17) is 0 Å². The molecule has 1 unspecified atom stereocenters. The summed E-state index contributed by atoms with van der Waals surface area (Å²) in [5.41, 5.74) is 5.22. The van der Waals surface area contributed by atoms with Crippen molar-refractivity contribution in [3.05, 3.63) is 47.5 Å². The third kappa shape index (κ3) is 3.47. The lowest BCUT2D eigenvalue weighted by Gasteiger charge is -2.42. The summed E-state index contributed by atoms with van der Waals surface area (Å²) in [6.07, 6.45) is 9.87. The van der Waals surface area contributed by atoms with Gasteiger partial charge in [0.25, 0.3) is 0 Å². The average molecular weight is 299 g/mol. The monoisotopic (exact) mass is 298 g/mol. The molecule has 0 N–H and O–H groups in total. The van der Waals surface area contributed by atoms with Crippen LogP contribution in [-0.4, -0.2) is 0 Å². The van der Waals surface area contributed by atoms with Gasteiger partial charge in [0.1, 0.15) is 0 Å². The Balaban J connectivity index is 2.34. The predicted octanol–water partition coefficient (Wildman–Crippen LogP) is 6.89. The zero-order valence-electron chi connectivity index (χ0n) is 15.3. The molecule has 0 aromatic heterocycles. The summed E-state index contributed by atoms with van der Waals surface area (Å²) in [6, 6.07) is 7.26. The number of rotatable bonds is 6. The molecule has 22 heavy (non-hydrogen) atoms. The largest absolute Gasteiger partial charge is 0.102 e. The number of hydrogen-bond acceptors (Lipinski definition) is 0. The van der Waals surface area contributed by atoms with Crippen molar-refractivity contribution < 1.29 is 0 Å². The van der Waals surface area contributed by atoms with Gasteiger partial charge in [0, 0.05) is 5.92 Å². The minimum Gasteiger partial charge on any atom is -0.102 e. The molecule has 122 valence electrons. The fraction of sp³-hybridized carbons (Fsp3) is 0.636. The van der Waals surface area contributed by atoms with Crippen LogP contribution in [-0.2, 0) is 10.8 Å². The highest BCUT2D eigenvalue weighted by molar-refractivity contribution is 5.45. The molecule has 0 bridgehead atoms. The number of benzene rings is 1. The van der Waals surface area contributed by atoms with E-state index in [-0.39, 0.29) is 0 Å². The molecule has 0 amide bonds. The van der Waals surface area contributed by atoms with Gasteiger partial charge in [-0.1, -0.05) is 78.2 Å². The molecule has 0 radical (unpaired) electrons. The van der Waals surface area contributed by atoms with Gasteiger partial charge in [-0.3, -0.25) is 0 Å². The second-order valence-corrected chi connectivity index (χ2v) is 8.41. The zero-order chi connectivity index (χ0) is 16.4. The van der Waals surface area contributed by atoms with Gasteiger partial charge in [0.15, 0.2) is 0 Å². The molecule has 1 aliphatic rings. The number of fused-ring (bicyclic) bond motifs is 1. The van der Waals surface area contributed by atoms with E-state index in [1.54, 1.807) is 11.1 Å². The Morgan fingerprint density at radius 1 is 1.05 bits per heavy atom. The normalized spacial score (nSPS) is 20.2. The summed E-state index contributed by atoms with van der Waals surface area (Å²) in [7, 11) is 0. The van der Waals surface area contributed by atoms with Gasteiger partial charge in [-0.2, -0.15) is 0 Å². The first-order chi connectivity index (χ1) is 10.3. The van der Waals surface area contributed by atoms with Crippen molar-refractivity contribution in [1.29, 1.82) is 0 Å². The minimum atomic E-state index is 0.302. The van der Waals surface area contributed by atoms with Gasteiger partial charge in [-0.15, -0.1) is 6.58 Å². The number of allylic oxidation sites excluding steroid dienone is 1. The SMILES string of the molecule is C=CC(CCCCC)c1ccc2c(c1)C(C)(C)CCC2(C)C. The smallest absolute Gasteiger partial charge is 0.00154 e. The van der Waals surface area contributed by atoms with E-state index >= 15 is 0 Å². The summed E-state index contributed by atoms with van der Waals surface area (Å²) in [6.45, 7) is 16.0. The molecule has 0 heteroatoms. The highest BCUT2D eigenvalue weighted by atomic mass is 14.4. The van der Waals surface area contributed by atoms with Crippen LogP contribution in [0.25, 0.3) is 0 Å². The third-order valence-corrected chi connectivity index (χ3v) is 5.71. The van der Waals surface area contributed by atoms with Crippen LogP contribution in [0.15, 0.2) is 30.9 Å². The molecule has 0 saturated heterocycles. The number of unbranched alkanes of at least 4 members (excludes halogenated alkanes) is 2. The van der Waals surface area contributed by atoms with Crippen molar-refractivity contribution in [2.75, 3.05) is 0 Å². The molecule has 1 atom stereocenters. The van der Waals surface area contributed by atoms with Crippen LogP contribution < -0.4 is 0 Å². The second-order valence-electron chi connectivity index (χ2n) is 8.41. The molecule has 0 heterocycles. The number of hydrogen-bond donors (Lipinski definition) is 0. The second kappa shape index (κ2) is 6.60. The maximum absolute atomic E-state index is 4.09. The molecule has 0 spiro atoms.